The van der Waals surface area contributed by atoms with Gasteiger partial charge in [-0.2, -0.15) is 0 Å². The lowest BCUT2D eigenvalue weighted by molar-refractivity contribution is 1.13. The third-order valence-electron chi connectivity index (χ3n) is 1.05. The maximum Gasteiger partial charge on any atom is 0.0844 e. The molecule has 0 atom stereocenters. The topological polar surface area (TPSA) is 38.9 Å². The highest BCUT2D eigenvalue weighted by atomic mass is 14.7. The standard InChI is InChI=1S/C8H12N2/c1-5-4-10-7(3)6(2)8(5)9/h4H,1-3H3,(H2,9,10)/i1D3,2D3,3D3,4D. The van der Waals surface area contributed by atoms with Gasteiger partial charge in [0.1, 0.15) is 0 Å². The van der Waals surface area contributed by atoms with Gasteiger partial charge in [-0.05, 0) is 31.7 Å². The summed E-state index contributed by atoms with van der Waals surface area (Å²) in [6, 6.07) is 0. The third-order valence-corrected chi connectivity index (χ3v) is 1.05. The molecule has 2 nitrogen and oxygen atoms in total. The van der Waals surface area contributed by atoms with Crippen molar-refractivity contribution < 1.29 is 13.7 Å². The van der Waals surface area contributed by atoms with Crippen molar-refractivity contribution in [2.45, 2.75) is 20.6 Å². The van der Waals surface area contributed by atoms with Gasteiger partial charge in [0.05, 0.1) is 1.37 Å². The minimum atomic E-state index is -2.95. The van der Waals surface area contributed by atoms with Crippen LogP contribution in [0.4, 0.5) is 5.69 Å². The number of hydrogen-bond acceptors (Lipinski definition) is 2. The van der Waals surface area contributed by atoms with Crippen LogP contribution >= 0.6 is 0 Å². The summed E-state index contributed by atoms with van der Waals surface area (Å²) < 4.78 is 73.0. The molecule has 10 heavy (non-hydrogen) atoms. The number of pyridine rings is 1. The van der Waals surface area contributed by atoms with E-state index in [4.69, 9.17) is 19.4 Å². The minimum Gasteiger partial charge on any atom is -0.398 e. The summed E-state index contributed by atoms with van der Waals surface area (Å²) in [5.74, 6) is 0. The summed E-state index contributed by atoms with van der Waals surface area (Å²) in [6.45, 7) is -8.73. The first kappa shape index (κ1) is 1.58. The SMILES string of the molecule is [2H]c1nc(C([2H])([2H])[2H])c(C([2H])([2H])[2H])c(N)c1C([2H])([2H])[2H]. The van der Waals surface area contributed by atoms with Crippen molar-refractivity contribution in [1.82, 2.24) is 4.98 Å². The number of nitrogens with zero attached hydrogens (tertiary/aromatic N) is 1. The second-order valence-corrected chi connectivity index (χ2v) is 1.74. The number of aromatic nitrogens is 1. The van der Waals surface area contributed by atoms with Gasteiger partial charge >= 0.3 is 0 Å². The maximum atomic E-state index is 7.50. The number of nitrogens with two attached hydrogens (primary N) is 1. The van der Waals surface area contributed by atoms with E-state index in [1.54, 1.807) is 0 Å². The van der Waals surface area contributed by atoms with Crippen molar-refractivity contribution in [1.29, 1.82) is 0 Å². The van der Waals surface area contributed by atoms with E-state index in [0.717, 1.165) is 0 Å². The number of aryl methyl sites for hydroxylation is 1. The second kappa shape index (κ2) is 2.29. The maximum absolute atomic E-state index is 7.50. The number of nitrogen functional groups attached to an aromatic ring is 1. The molecule has 0 aromatic carbocycles. The van der Waals surface area contributed by atoms with Gasteiger partial charge in [0.25, 0.3) is 0 Å². The van der Waals surface area contributed by atoms with E-state index < -0.39 is 49.2 Å². The fourth-order valence-corrected chi connectivity index (χ4v) is 0.480. The fourth-order valence-electron chi connectivity index (χ4n) is 0.480. The van der Waals surface area contributed by atoms with Gasteiger partial charge in [-0.15, -0.1) is 0 Å². The van der Waals surface area contributed by atoms with Crippen LogP contribution in [0.2, 0.25) is 0 Å². The Hall–Kier alpha value is -1.05. The molecule has 0 unspecified atom stereocenters. The summed E-state index contributed by atoms with van der Waals surface area (Å²) in [6.07, 6.45) is -0.860. The van der Waals surface area contributed by atoms with E-state index in [1.807, 2.05) is 0 Å². The lowest BCUT2D eigenvalue weighted by Crippen LogP contribution is -1.97. The highest BCUT2D eigenvalue weighted by Gasteiger charge is 1.99. The Kier molecular flexibility index (Phi) is 0.361. The molecule has 1 aromatic heterocycles. The molecular formula is C8H12N2. The molecule has 0 aliphatic carbocycles. The zero-order chi connectivity index (χ0) is 16.1. The van der Waals surface area contributed by atoms with E-state index in [0.29, 0.717) is 0 Å². The molecule has 0 spiro atoms. The molecule has 54 valence electrons. The van der Waals surface area contributed by atoms with Crippen LogP contribution in [0.1, 0.15) is 30.5 Å². The van der Waals surface area contributed by atoms with Crippen molar-refractivity contribution in [3.05, 3.63) is 23.0 Å². The normalized spacial score (nSPS) is 28.4. The highest BCUT2D eigenvalue weighted by molar-refractivity contribution is 5.52. The monoisotopic (exact) mass is 146 g/mol. The predicted molar refractivity (Wildman–Crippen MR) is 42.9 cm³/mol. The van der Waals surface area contributed by atoms with Gasteiger partial charge in [-0.25, -0.2) is 0 Å². The van der Waals surface area contributed by atoms with Crippen LogP contribution in [0.5, 0.6) is 0 Å². The van der Waals surface area contributed by atoms with Crippen molar-refractivity contribution in [2.24, 2.45) is 0 Å². The quantitative estimate of drug-likeness (QED) is 0.603. The molecule has 0 amide bonds. The van der Waals surface area contributed by atoms with Gasteiger partial charge in [-0.3, -0.25) is 4.98 Å². The summed E-state index contributed by atoms with van der Waals surface area (Å²) >= 11 is 0. The molecule has 1 heterocycles. The molecule has 0 saturated carbocycles. The summed E-state index contributed by atoms with van der Waals surface area (Å²) in [7, 11) is 0. The second-order valence-electron chi connectivity index (χ2n) is 1.74. The Morgan fingerprint density at radius 2 is 2.50 bits per heavy atom. The van der Waals surface area contributed by atoms with Crippen molar-refractivity contribution in [3.8, 4) is 0 Å². The minimum absolute atomic E-state index is 0.740. The molecule has 0 saturated heterocycles. The van der Waals surface area contributed by atoms with Gasteiger partial charge in [0, 0.05) is 29.9 Å². The van der Waals surface area contributed by atoms with E-state index >= 15 is 0 Å². The van der Waals surface area contributed by atoms with Crippen LogP contribution in [-0.4, -0.2) is 4.98 Å². The van der Waals surface area contributed by atoms with Gasteiger partial charge in [0.15, 0.2) is 0 Å². The highest BCUT2D eigenvalue weighted by Crippen LogP contribution is 2.16. The largest absolute Gasteiger partial charge is 0.398 e. The number of rotatable bonds is 0. The van der Waals surface area contributed by atoms with Crippen molar-refractivity contribution in [2.75, 3.05) is 5.73 Å². The molecule has 1 rings (SSSR count). The van der Waals surface area contributed by atoms with E-state index in [9.17, 15) is 0 Å². The first-order chi connectivity index (χ1) is 8.67. The molecule has 1 aromatic rings. The van der Waals surface area contributed by atoms with Crippen molar-refractivity contribution >= 4 is 5.69 Å². The zero-order valence-electron chi connectivity index (χ0n) is 15.0. The molecule has 2 heteroatoms. The lowest BCUT2D eigenvalue weighted by atomic mass is 10.1. The Bertz CT molecular complexity index is 524. The van der Waals surface area contributed by atoms with E-state index in [-0.39, 0.29) is 0 Å². The molecule has 2 N–H and O–H groups in total. The molecule has 0 bridgehead atoms. The Morgan fingerprint density at radius 3 is 3.10 bits per heavy atom. The summed E-state index contributed by atoms with van der Waals surface area (Å²) in [4.78, 5) is 3.34. The molecule has 0 fully saturated rings. The van der Waals surface area contributed by atoms with Crippen LogP contribution in [0, 0.1) is 20.6 Å². The van der Waals surface area contributed by atoms with Gasteiger partial charge < -0.3 is 5.73 Å². The number of hydrogen-bond donors (Lipinski definition) is 1. The smallest absolute Gasteiger partial charge is 0.0844 e. The Balaban J connectivity index is 3.86. The Labute approximate surface area is 75.1 Å². The average molecular weight is 146 g/mol. The van der Waals surface area contributed by atoms with Crippen molar-refractivity contribution in [3.63, 3.8) is 0 Å². The third kappa shape index (κ3) is 0.967. The van der Waals surface area contributed by atoms with Crippen LogP contribution in [-0.2, 0) is 0 Å². The van der Waals surface area contributed by atoms with Crippen LogP contribution in [0.15, 0.2) is 6.17 Å². The van der Waals surface area contributed by atoms with Crippen LogP contribution in [0.25, 0.3) is 0 Å². The average Bonchev–Trinajstić information content (AvgIpc) is 2.09. The first-order valence-electron chi connectivity index (χ1n) is 7.49. The molecule has 0 radical (unpaired) electrons. The number of anilines is 1. The van der Waals surface area contributed by atoms with Crippen LogP contribution < -0.4 is 5.73 Å². The van der Waals surface area contributed by atoms with E-state index in [1.165, 1.54) is 0 Å². The molecular weight excluding hydrogens is 124 g/mol. The summed E-state index contributed by atoms with van der Waals surface area (Å²) in [5, 5.41) is 0. The van der Waals surface area contributed by atoms with E-state index in [2.05, 4.69) is 4.98 Å². The Morgan fingerprint density at radius 1 is 1.60 bits per heavy atom. The fraction of sp³-hybridized carbons (Fsp3) is 0.375. The molecule has 0 aliphatic rings. The van der Waals surface area contributed by atoms with Gasteiger partial charge in [-0.1, -0.05) is 0 Å². The predicted octanol–water partition coefficient (Wildman–Crippen LogP) is 1.59. The summed E-state index contributed by atoms with van der Waals surface area (Å²) in [5.41, 5.74) is 2.33. The zero-order valence-corrected chi connectivity index (χ0v) is 5.02. The molecule has 0 aliphatic heterocycles. The lowest BCUT2D eigenvalue weighted by Gasteiger charge is -2.04. The first-order valence-corrected chi connectivity index (χ1v) is 2.49. The van der Waals surface area contributed by atoms with Crippen LogP contribution in [0.3, 0.4) is 0 Å². The van der Waals surface area contributed by atoms with Gasteiger partial charge in [0.2, 0.25) is 0 Å².